The maximum atomic E-state index is 5.21. The Labute approximate surface area is 551 Å². The van der Waals surface area contributed by atoms with E-state index in [2.05, 4.69) is 254 Å². The van der Waals surface area contributed by atoms with Gasteiger partial charge in [0, 0.05) is 59.5 Å². The lowest BCUT2D eigenvalue weighted by Gasteiger charge is -2.22. The van der Waals surface area contributed by atoms with Gasteiger partial charge in [0.1, 0.15) is 0 Å². The van der Waals surface area contributed by atoms with Crippen LogP contribution >= 0.6 is 15.9 Å². The zero-order valence-electron chi connectivity index (χ0n) is 52.2. The first kappa shape index (κ1) is 57.3. The summed E-state index contributed by atoms with van der Waals surface area (Å²) < 4.78 is 3.46. The fourth-order valence-corrected chi connectivity index (χ4v) is 14.9. The smallest absolute Gasteiger partial charge is 0.160 e. The van der Waals surface area contributed by atoms with Crippen molar-refractivity contribution in [2.24, 2.45) is 0 Å². The SMILES string of the molecule is Brc1ccccc1-c1cc(-c2ccccc2)nc(-c2ccccc2)n1.CC1(C)c2ccccc2-c2cc3c(cc21)Cc1ccccc1-3.CC1(C)c2ccccc2-c2cc3c4ccccc4n(-c4ccccc4-c4cc(-c5ccccc5)nc(-c5ccccc5)n4)c3cc21. The van der Waals surface area contributed by atoms with Crippen molar-refractivity contribution in [3.05, 3.63) is 341 Å². The predicted molar refractivity (Wildman–Crippen MR) is 389 cm³/mol. The predicted octanol–water partition coefficient (Wildman–Crippen LogP) is 22.7. The van der Waals surface area contributed by atoms with Crippen molar-refractivity contribution in [3.8, 4) is 107 Å². The van der Waals surface area contributed by atoms with Gasteiger partial charge in [0.2, 0.25) is 0 Å². The van der Waals surface area contributed by atoms with Gasteiger partial charge in [0.25, 0.3) is 0 Å². The first-order valence-electron chi connectivity index (χ1n) is 31.9. The first-order chi connectivity index (χ1) is 45.5. The Morgan fingerprint density at radius 3 is 1.30 bits per heavy atom. The molecule has 12 aromatic carbocycles. The number of fused-ring (bicyclic) bond motifs is 12. The molecule has 0 atom stereocenters. The van der Waals surface area contributed by atoms with E-state index in [4.69, 9.17) is 19.9 Å². The lowest BCUT2D eigenvalue weighted by atomic mass is 9.81. The van der Waals surface area contributed by atoms with Crippen molar-refractivity contribution in [3.63, 3.8) is 0 Å². The van der Waals surface area contributed by atoms with Gasteiger partial charge in [-0.25, -0.2) is 19.9 Å². The summed E-state index contributed by atoms with van der Waals surface area (Å²) in [5.74, 6) is 1.44. The Bertz CT molecular complexity index is 5250. The summed E-state index contributed by atoms with van der Waals surface area (Å²) in [5.41, 5.74) is 30.4. The van der Waals surface area contributed by atoms with Crippen molar-refractivity contribution >= 4 is 37.7 Å². The van der Waals surface area contributed by atoms with E-state index in [9.17, 15) is 0 Å². The molecule has 3 aromatic heterocycles. The standard InChI is InChI=1S/C43H31N3.C22H15BrN2.C22H18/c1-43(2)35-22-12-9-19-30(35)33-25-34-31-20-10-13-23-39(31)46(41(34)26-36(33)43)40-24-14-11-21-32(40)38-27-37(28-15-5-3-6-16-28)44-42(45-38)29-17-7-4-8-18-29;23-19-14-8-7-13-18(19)21-15-20(16-9-3-1-4-10-16)24-22(25-21)17-11-5-2-6-12-17;1-22(2)20-10-6-5-9-17(20)19-13-18-15(12-21(19)22)11-14-7-3-4-8-16(14)18/h3-27H,1-2H3;1-15H;3-10,12-13H,11H2,1-2H3. The van der Waals surface area contributed by atoms with Gasteiger partial charge in [0.15, 0.2) is 11.6 Å². The second-order valence-electron chi connectivity index (χ2n) is 25.4. The lowest BCUT2D eigenvalue weighted by Crippen LogP contribution is -2.15. The monoisotopic (exact) mass is 1260 g/mol. The largest absolute Gasteiger partial charge is 0.309 e. The molecule has 0 bridgehead atoms. The Kier molecular flexibility index (Phi) is 14.4. The summed E-state index contributed by atoms with van der Waals surface area (Å²) in [5, 5.41) is 2.50. The average molecular weight is 1260 g/mol. The van der Waals surface area contributed by atoms with E-state index in [-0.39, 0.29) is 10.8 Å². The second kappa shape index (κ2) is 23.4. The number of benzene rings is 12. The van der Waals surface area contributed by atoms with Crippen LogP contribution in [0.4, 0.5) is 0 Å². The molecule has 5 nitrogen and oxygen atoms in total. The molecule has 3 aliphatic rings. The minimum atomic E-state index is -0.0945. The van der Waals surface area contributed by atoms with E-state index in [1.165, 1.54) is 88.6 Å². The third kappa shape index (κ3) is 10.2. The van der Waals surface area contributed by atoms with E-state index < -0.39 is 0 Å². The third-order valence-electron chi connectivity index (χ3n) is 19.1. The van der Waals surface area contributed by atoms with Gasteiger partial charge in [0.05, 0.1) is 39.5 Å². The van der Waals surface area contributed by atoms with Crippen LogP contribution in [0, 0.1) is 0 Å². The zero-order chi connectivity index (χ0) is 62.8. The fourth-order valence-electron chi connectivity index (χ4n) is 14.4. The highest BCUT2D eigenvalue weighted by Crippen LogP contribution is 2.53. The van der Waals surface area contributed by atoms with E-state index >= 15 is 0 Å². The maximum Gasteiger partial charge on any atom is 0.160 e. The summed E-state index contributed by atoms with van der Waals surface area (Å²) >= 11 is 3.63. The Balaban J connectivity index is 0.000000122. The molecule has 0 saturated carbocycles. The number of nitrogens with zero attached hydrogens (tertiary/aromatic N) is 5. The summed E-state index contributed by atoms with van der Waals surface area (Å²) in [6.07, 6.45) is 1.07. The maximum absolute atomic E-state index is 5.21. The molecule has 0 unspecified atom stereocenters. The molecule has 93 heavy (non-hydrogen) atoms. The van der Waals surface area contributed by atoms with Gasteiger partial charge in [-0.2, -0.15) is 0 Å². The minimum absolute atomic E-state index is 0.0945. The molecule has 0 fully saturated rings. The summed E-state index contributed by atoms with van der Waals surface area (Å²) in [6.45, 7) is 9.40. The van der Waals surface area contributed by atoms with Crippen LogP contribution < -0.4 is 0 Å². The molecule has 0 amide bonds. The number of rotatable bonds is 7. The summed E-state index contributed by atoms with van der Waals surface area (Å²) in [6, 6.07) is 107. The highest BCUT2D eigenvalue weighted by molar-refractivity contribution is 9.10. The minimum Gasteiger partial charge on any atom is -0.309 e. The van der Waals surface area contributed by atoms with Crippen LogP contribution in [0.3, 0.4) is 0 Å². The van der Waals surface area contributed by atoms with Crippen LogP contribution in [0.1, 0.15) is 61.1 Å². The van der Waals surface area contributed by atoms with Crippen molar-refractivity contribution in [1.82, 2.24) is 24.5 Å². The van der Waals surface area contributed by atoms with Crippen molar-refractivity contribution in [2.75, 3.05) is 0 Å². The summed E-state index contributed by atoms with van der Waals surface area (Å²) in [7, 11) is 0. The van der Waals surface area contributed by atoms with Gasteiger partial charge in [-0.1, -0.05) is 298 Å². The molecule has 18 rings (SSSR count). The molecular formula is C87H64BrN5. The van der Waals surface area contributed by atoms with Crippen molar-refractivity contribution in [2.45, 2.75) is 44.9 Å². The van der Waals surface area contributed by atoms with E-state index in [1.807, 2.05) is 97.1 Å². The van der Waals surface area contributed by atoms with Crippen molar-refractivity contribution in [1.29, 1.82) is 0 Å². The highest BCUT2D eigenvalue weighted by Gasteiger charge is 2.38. The molecule has 444 valence electrons. The van der Waals surface area contributed by atoms with Crippen molar-refractivity contribution < 1.29 is 0 Å². The van der Waals surface area contributed by atoms with Crippen LogP contribution in [0.15, 0.2) is 308 Å². The van der Waals surface area contributed by atoms with Gasteiger partial charge >= 0.3 is 0 Å². The molecule has 0 aliphatic heterocycles. The third-order valence-corrected chi connectivity index (χ3v) is 19.8. The van der Waals surface area contributed by atoms with Crippen LogP contribution in [-0.2, 0) is 17.3 Å². The average Bonchev–Trinajstić information content (AvgIpc) is 1.56. The molecule has 6 heteroatoms. The number of halogens is 1. The van der Waals surface area contributed by atoms with Gasteiger partial charge in [-0.15, -0.1) is 0 Å². The number of hydrogen-bond donors (Lipinski definition) is 0. The van der Waals surface area contributed by atoms with Gasteiger partial charge < -0.3 is 4.57 Å². The first-order valence-corrected chi connectivity index (χ1v) is 32.7. The lowest BCUT2D eigenvalue weighted by molar-refractivity contribution is 0.659. The fraction of sp³-hybridized carbons (Fsp3) is 0.0805. The normalized spacial score (nSPS) is 13.1. The molecule has 0 N–H and O–H groups in total. The molecule has 15 aromatic rings. The Morgan fingerprint density at radius 2 is 0.720 bits per heavy atom. The second-order valence-corrected chi connectivity index (χ2v) is 26.2. The topological polar surface area (TPSA) is 56.5 Å². The Morgan fingerprint density at radius 1 is 0.290 bits per heavy atom. The van der Waals surface area contributed by atoms with E-state index in [0.717, 1.165) is 78.6 Å². The molecule has 3 heterocycles. The quantitative estimate of drug-likeness (QED) is 0.160. The number of para-hydroxylation sites is 2. The number of hydrogen-bond acceptors (Lipinski definition) is 4. The molecule has 0 saturated heterocycles. The van der Waals surface area contributed by atoms with Gasteiger partial charge in [-0.05, 0) is 122 Å². The molecule has 0 radical (unpaired) electrons. The van der Waals surface area contributed by atoms with E-state index in [1.54, 1.807) is 0 Å². The van der Waals surface area contributed by atoms with Crippen LogP contribution in [0.25, 0.3) is 129 Å². The van der Waals surface area contributed by atoms with Crippen LogP contribution in [-0.4, -0.2) is 24.5 Å². The Hall–Kier alpha value is -10.9. The summed E-state index contributed by atoms with van der Waals surface area (Å²) in [4.78, 5) is 19.9. The van der Waals surface area contributed by atoms with Gasteiger partial charge in [-0.3, -0.25) is 0 Å². The molecule has 0 spiro atoms. The van der Waals surface area contributed by atoms with Crippen LogP contribution in [0.5, 0.6) is 0 Å². The van der Waals surface area contributed by atoms with E-state index in [0.29, 0.717) is 5.82 Å². The van der Waals surface area contributed by atoms with Crippen LogP contribution in [0.2, 0.25) is 0 Å². The molecular weight excluding hydrogens is 1190 g/mol. The highest BCUT2D eigenvalue weighted by atomic mass is 79.9. The molecule has 3 aliphatic carbocycles. The zero-order valence-corrected chi connectivity index (χ0v) is 53.8. The number of aromatic nitrogens is 5.